The van der Waals surface area contributed by atoms with Crippen LogP contribution in [-0.2, 0) is 9.47 Å². The third-order valence-electron chi connectivity index (χ3n) is 15.3. The number of ether oxygens (including phenoxy) is 2. The topological polar surface area (TPSA) is 71.1 Å². The Morgan fingerprint density at radius 2 is 0.847 bits per heavy atom. The Balaban J connectivity index is 0.000000380. The van der Waals surface area contributed by atoms with Crippen molar-refractivity contribution in [3.05, 3.63) is 0 Å². The van der Waals surface area contributed by atoms with Gasteiger partial charge in [0.15, 0.2) is 0 Å². The molecule has 0 atom stereocenters. The highest BCUT2D eigenvalue weighted by Crippen LogP contribution is 2.44. The molecule has 3 heterocycles. The number of nitrogens with one attached hydrogen (secondary N) is 1. The summed E-state index contributed by atoms with van der Waals surface area (Å²) >= 11 is 0. The lowest BCUT2D eigenvalue weighted by atomic mass is 9.69. The van der Waals surface area contributed by atoms with Crippen LogP contribution in [0.15, 0.2) is 0 Å². The van der Waals surface area contributed by atoms with Gasteiger partial charge in [0, 0.05) is 26.2 Å². The maximum Gasteiger partial charge on any atom is 0.410 e. The Morgan fingerprint density at radius 3 is 1.10 bits per heavy atom. The molecule has 0 aromatic rings. The summed E-state index contributed by atoms with van der Waals surface area (Å²) in [7, 11) is 0. The number of piperidine rings is 2. The molecule has 3 saturated heterocycles. The van der Waals surface area contributed by atoms with Crippen molar-refractivity contribution in [2.75, 3.05) is 39.3 Å². The average Bonchev–Trinajstić information content (AvgIpc) is 3.46. The first-order chi connectivity index (χ1) is 26.6. The second kappa shape index (κ2) is 22.7. The first-order valence-electron chi connectivity index (χ1n) is 24.3. The van der Waals surface area contributed by atoms with Crippen molar-refractivity contribution in [3.63, 3.8) is 0 Å². The maximum atomic E-state index is 11.9. The van der Waals surface area contributed by atoms with Gasteiger partial charge in [0.2, 0.25) is 0 Å². The fourth-order valence-electron chi connectivity index (χ4n) is 8.22. The fourth-order valence-corrected chi connectivity index (χ4v) is 8.22. The lowest BCUT2D eigenvalue weighted by molar-refractivity contribution is -0.0211. The van der Waals surface area contributed by atoms with Gasteiger partial charge in [-0.25, -0.2) is 9.59 Å². The summed E-state index contributed by atoms with van der Waals surface area (Å²) in [6.07, 6.45) is 14.8. The van der Waals surface area contributed by atoms with E-state index in [-0.39, 0.29) is 17.8 Å². The minimum atomic E-state index is -0.393. The van der Waals surface area contributed by atoms with Crippen LogP contribution < -0.4 is 5.32 Å². The second-order valence-corrected chi connectivity index (χ2v) is 25.3. The third-order valence-corrected chi connectivity index (χ3v) is 15.3. The predicted molar refractivity (Wildman–Crippen MR) is 254 cm³/mol. The van der Waals surface area contributed by atoms with Gasteiger partial charge in [-0.2, -0.15) is 0 Å². The van der Waals surface area contributed by atoms with Crippen LogP contribution in [-0.4, -0.2) is 72.5 Å². The molecule has 0 unspecified atom stereocenters. The van der Waals surface area contributed by atoms with Gasteiger partial charge in [-0.3, -0.25) is 0 Å². The molecule has 0 aromatic heterocycles. The van der Waals surface area contributed by atoms with Gasteiger partial charge >= 0.3 is 12.2 Å². The van der Waals surface area contributed by atoms with E-state index in [0.29, 0.717) is 38.9 Å². The SMILES string of the molecule is CC(C)(C)C1CCC1.CC(C)(C)OC(=O)N1CC(C(C)(C)C)C1.CC(C)C1(C)CCCC1.CC(C)C1(C)CCN(C(=O)OC(C)(C)C)CC1.CC(C)C1(C)CCNCC1. The number of hydrogen-bond donors (Lipinski definition) is 1. The van der Waals surface area contributed by atoms with Crippen molar-refractivity contribution in [2.24, 2.45) is 56.7 Å². The van der Waals surface area contributed by atoms with Crippen molar-refractivity contribution in [1.82, 2.24) is 15.1 Å². The Hall–Kier alpha value is -1.50. The number of amides is 2. The monoisotopic (exact) mass is 834 g/mol. The molecule has 1 N–H and O–H groups in total. The lowest BCUT2D eigenvalue weighted by Gasteiger charge is -2.46. The molecule has 0 radical (unpaired) electrons. The third kappa shape index (κ3) is 20.0. The Kier molecular flexibility index (Phi) is 21.4. The first kappa shape index (κ1) is 55.5. The van der Waals surface area contributed by atoms with Gasteiger partial charge in [0.05, 0.1) is 0 Å². The molecule has 59 heavy (non-hydrogen) atoms. The summed E-state index contributed by atoms with van der Waals surface area (Å²) in [6.45, 7) is 51.9. The van der Waals surface area contributed by atoms with E-state index in [0.717, 1.165) is 56.8 Å². The highest BCUT2D eigenvalue weighted by Gasteiger charge is 2.40. The van der Waals surface area contributed by atoms with Crippen LogP contribution in [0.1, 0.15) is 216 Å². The summed E-state index contributed by atoms with van der Waals surface area (Å²) < 4.78 is 10.7. The van der Waals surface area contributed by atoms with Crippen molar-refractivity contribution in [1.29, 1.82) is 0 Å². The highest BCUT2D eigenvalue weighted by atomic mass is 16.6. The van der Waals surface area contributed by atoms with Crippen molar-refractivity contribution >= 4 is 12.2 Å². The van der Waals surface area contributed by atoms with Gasteiger partial charge in [0.25, 0.3) is 0 Å². The van der Waals surface area contributed by atoms with E-state index in [2.05, 4.69) is 109 Å². The quantitative estimate of drug-likeness (QED) is 0.307. The summed E-state index contributed by atoms with van der Waals surface area (Å²) in [5, 5.41) is 3.39. The van der Waals surface area contributed by atoms with Crippen molar-refractivity contribution < 1.29 is 19.1 Å². The molecular weight excluding hydrogens is 731 g/mol. The van der Waals surface area contributed by atoms with Gasteiger partial charge in [-0.1, -0.05) is 123 Å². The van der Waals surface area contributed by atoms with Crippen LogP contribution in [0.25, 0.3) is 0 Å². The predicted octanol–water partition coefficient (Wildman–Crippen LogP) is 14.7. The summed E-state index contributed by atoms with van der Waals surface area (Å²) in [5.74, 6) is 4.03. The van der Waals surface area contributed by atoms with Crippen LogP contribution in [0.3, 0.4) is 0 Å². The van der Waals surface area contributed by atoms with Gasteiger partial charge in [-0.15, -0.1) is 0 Å². The van der Waals surface area contributed by atoms with Crippen LogP contribution in [0.5, 0.6) is 0 Å². The number of hydrogen-bond acceptors (Lipinski definition) is 5. The summed E-state index contributed by atoms with van der Waals surface area (Å²) in [5.41, 5.74) is 1.79. The molecule has 0 bridgehead atoms. The lowest BCUT2D eigenvalue weighted by Crippen LogP contribution is -2.55. The first-order valence-corrected chi connectivity index (χ1v) is 24.3. The Bertz CT molecular complexity index is 1200. The molecule has 7 heteroatoms. The normalized spacial score (nSPS) is 21.9. The number of likely N-dealkylation sites (tertiary alicyclic amines) is 2. The molecule has 2 aliphatic carbocycles. The van der Waals surface area contributed by atoms with Crippen LogP contribution in [0, 0.1) is 56.7 Å². The van der Waals surface area contributed by atoms with Gasteiger partial charge < -0.3 is 24.6 Å². The zero-order chi connectivity index (χ0) is 45.8. The van der Waals surface area contributed by atoms with Crippen molar-refractivity contribution in [2.45, 2.75) is 227 Å². The number of rotatable bonds is 3. The highest BCUT2D eigenvalue weighted by molar-refractivity contribution is 5.69. The zero-order valence-corrected chi connectivity index (χ0v) is 43.4. The zero-order valence-electron chi connectivity index (χ0n) is 43.4. The number of nitrogens with zero attached hydrogens (tertiary/aromatic N) is 2. The van der Waals surface area contributed by atoms with E-state index >= 15 is 0 Å². The van der Waals surface area contributed by atoms with Crippen LogP contribution in [0.2, 0.25) is 0 Å². The van der Waals surface area contributed by atoms with E-state index in [1.165, 1.54) is 70.9 Å². The molecule has 5 aliphatic rings. The molecular formula is C52H103N3O4. The molecule has 2 saturated carbocycles. The Labute approximate surface area is 368 Å². The van der Waals surface area contributed by atoms with Gasteiger partial charge in [-0.05, 0) is 163 Å². The molecule has 350 valence electrons. The van der Waals surface area contributed by atoms with E-state index < -0.39 is 5.60 Å². The van der Waals surface area contributed by atoms with Crippen molar-refractivity contribution in [3.8, 4) is 0 Å². The summed E-state index contributed by atoms with van der Waals surface area (Å²) in [6, 6.07) is 0. The van der Waals surface area contributed by atoms with Crippen LogP contribution in [0.4, 0.5) is 9.59 Å². The van der Waals surface area contributed by atoms with E-state index in [4.69, 9.17) is 9.47 Å². The molecule has 0 spiro atoms. The number of carbonyl (C=O) groups excluding carboxylic acids is 2. The number of carbonyl (C=O) groups is 2. The largest absolute Gasteiger partial charge is 0.444 e. The smallest absolute Gasteiger partial charge is 0.410 e. The fraction of sp³-hybridized carbons (Fsp3) is 0.962. The molecule has 7 nitrogen and oxygen atoms in total. The standard InChI is InChI=1S/C14H27NO2.C12H23NO2.C9H19N.C9H18.C8H16/c1-11(2)14(6)7-9-15(10-8-14)12(16)17-13(3,4)5;1-11(2,3)9-7-13(8-9)10(14)15-12(4,5)6;1-8(2)9(3)4-6-10-7-5-9;1-8(2)9(3)6-4-5-7-9;1-8(2,3)7-5-4-6-7/h11H,7-10H2,1-6H3;9H,7-8H2,1-6H3;8,10H,4-7H2,1-3H3;8H,4-7H2,1-3H3;7H,4-6H2,1-3H3. The van der Waals surface area contributed by atoms with E-state index in [9.17, 15) is 9.59 Å². The minimum absolute atomic E-state index is 0.164. The maximum absolute atomic E-state index is 11.9. The summed E-state index contributed by atoms with van der Waals surface area (Å²) in [4.78, 5) is 27.1. The second-order valence-electron chi connectivity index (χ2n) is 25.3. The van der Waals surface area contributed by atoms with Crippen LogP contribution >= 0.6 is 0 Å². The van der Waals surface area contributed by atoms with Gasteiger partial charge in [0.1, 0.15) is 11.2 Å². The minimum Gasteiger partial charge on any atom is -0.444 e. The van der Waals surface area contributed by atoms with E-state index in [1.54, 1.807) is 4.90 Å². The molecule has 5 fully saturated rings. The molecule has 0 aromatic carbocycles. The average molecular weight is 834 g/mol. The molecule has 3 aliphatic heterocycles. The Morgan fingerprint density at radius 1 is 0.508 bits per heavy atom. The van der Waals surface area contributed by atoms with E-state index in [1.807, 2.05) is 46.4 Å². The molecule has 2 amide bonds. The molecule has 5 rings (SSSR count).